The first kappa shape index (κ1) is 26.4. The van der Waals surface area contributed by atoms with Gasteiger partial charge in [0.1, 0.15) is 0 Å². The van der Waals surface area contributed by atoms with Crippen LogP contribution in [0.1, 0.15) is 56.8 Å². The van der Waals surface area contributed by atoms with Gasteiger partial charge in [-0.15, -0.1) is 6.58 Å². The van der Waals surface area contributed by atoms with Gasteiger partial charge in [-0.3, -0.25) is 4.79 Å². The number of aliphatic hydroxyl groups is 2. The van der Waals surface area contributed by atoms with Crippen LogP contribution in [0.25, 0.3) is 0 Å². The van der Waals surface area contributed by atoms with Gasteiger partial charge < -0.3 is 15.5 Å². The van der Waals surface area contributed by atoms with Gasteiger partial charge in [-0.25, -0.2) is 0 Å². The zero-order valence-electron chi connectivity index (χ0n) is 18.9. The average Bonchev–Trinajstić information content (AvgIpc) is 2.75. The van der Waals surface area contributed by atoms with Gasteiger partial charge in [0.15, 0.2) is 0 Å². The number of carbonyl (C=O) groups is 1. The van der Waals surface area contributed by atoms with Crippen molar-refractivity contribution in [2.24, 2.45) is 11.3 Å². The number of allylic oxidation sites excluding steroid dienone is 1. The quantitative estimate of drug-likeness (QED) is 0.352. The zero-order valence-corrected chi connectivity index (χ0v) is 20.4. The second-order valence-electron chi connectivity index (χ2n) is 8.92. The lowest BCUT2D eigenvalue weighted by Crippen LogP contribution is -2.48. The Hall–Kier alpha value is -1.85. The van der Waals surface area contributed by atoms with Crippen molar-refractivity contribution in [3.8, 4) is 0 Å². The van der Waals surface area contributed by atoms with Gasteiger partial charge in [0.2, 0.25) is 5.91 Å². The van der Waals surface area contributed by atoms with Gasteiger partial charge in [-0.05, 0) is 54.2 Å². The summed E-state index contributed by atoms with van der Waals surface area (Å²) in [6.07, 6.45) is 1.61. The van der Waals surface area contributed by atoms with E-state index >= 15 is 0 Å². The van der Waals surface area contributed by atoms with Gasteiger partial charge in [0.05, 0.1) is 24.2 Å². The molecule has 0 saturated heterocycles. The molecule has 2 aromatic rings. The van der Waals surface area contributed by atoms with E-state index in [9.17, 15) is 15.0 Å². The summed E-state index contributed by atoms with van der Waals surface area (Å²) in [5.41, 5.74) is 0.687. The summed E-state index contributed by atoms with van der Waals surface area (Å²) in [6, 6.07) is 14.0. The molecule has 0 saturated carbocycles. The fourth-order valence-electron chi connectivity index (χ4n) is 3.88. The van der Waals surface area contributed by atoms with Crippen LogP contribution in [0.4, 0.5) is 0 Å². The lowest BCUT2D eigenvalue weighted by Gasteiger charge is -2.35. The van der Waals surface area contributed by atoms with Crippen molar-refractivity contribution in [2.75, 3.05) is 6.61 Å². The predicted molar refractivity (Wildman–Crippen MR) is 132 cm³/mol. The van der Waals surface area contributed by atoms with E-state index in [1.54, 1.807) is 36.4 Å². The Kier molecular flexibility index (Phi) is 9.78. The van der Waals surface area contributed by atoms with Crippen LogP contribution in [-0.2, 0) is 4.79 Å². The van der Waals surface area contributed by atoms with Crippen molar-refractivity contribution in [1.82, 2.24) is 5.32 Å². The van der Waals surface area contributed by atoms with Crippen molar-refractivity contribution in [3.05, 3.63) is 82.4 Å². The topological polar surface area (TPSA) is 69.6 Å². The van der Waals surface area contributed by atoms with Crippen LogP contribution >= 0.6 is 23.2 Å². The van der Waals surface area contributed by atoms with Crippen molar-refractivity contribution < 1.29 is 15.0 Å². The highest BCUT2D eigenvalue weighted by Crippen LogP contribution is 2.43. The Morgan fingerprint density at radius 3 is 2.31 bits per heavy atom. The van der Waals surface area contributed by atoms with E-state index in [-0.39, 0.29) is 24.5 Å². The molecule has 4 atom stereocenters. The zero-order chi connectivity index (χ0) is 23.9. The number of benzene rings is 2. The highest BCUT2D eigenvalue weighted by Gasteiger charge is 2.39. The third kappa shape index (κ3) is 6.82. The summed E-state index contributed by atoms with van der Waals surface area (Å²) in [5.74, 6) is -0.502. The van der Waals surface area contributed by atoms with Crippen molar-refractivity contribution >= 4 is 29.1 Å². The van der Waals surface area contributed by atoms with Crippen LogP contribution in [0.15, 0.2) is 61.2 Å². The highest BCUT2D eigenvalue weighted by molar-refractivity contribution is 6.30. The van der Waals surface area contributed by atoms with Gasteiger partial charge in [0.25, 0.3) is 0 Å². The number of nitrogens with one attached hydrogen (secondary N) is 1. The van der Waals surface area contributed by atoms with Crippen molar-refractivity contribution in [2.45, 2.75) is 51.7 Å². The van der Waals surface area contributed by atoms with Crippen LogP contribution in [0.3, 0.4) is 0 Å². The van der Waals surface area contributed by atoms with E-state index < -0.39 is 17.4 Å². The molecule has 0 aliphatic heterocycles. The molecule has 0 spiro atoms. The normalized spacial score (nSPS) is 16.1. The second kappa shape index (κ2) is 11.9. The number of halogens is 2. The molecule has 3 unspecified atom stereocenters. The molecule has 4 nitrogen and oxygen atoms in total. The molecule has 174 valence electrons. The maximum absolute atomic E-state index is 13.4. The minimum Gasteiger partial charge on any atom is -0.394 e. The Morgan fingerprint density at radius 1 is 1.12 bits per heavy atom. The van der Waals surface area contributed by atoms with Crippen LogP contribution in [0, 0.1) is 11.3 Å². The van der Waals surface area contributed by atoms with E-state index in [1.807, 2.05) is 39.0 Å². The maximum atomic E-state index is 13.4. The lowest BCUT2D eigenvalue weighted by molar-refractivity contribution is -0.132. The second-order valence-corrected chi connectivity index (χ2v) is 9.79. The van der Waals surface area contributed by atoms with E-state index in [4.69, 9.17) is 23.2 Å². The van der Waals surface area contributed by atoms with Crippen molar-refractivity contribution in [3.63, 3.8) is 0 Å². The largest absolute Gasteiger partial charge is 0.394 e. The molecule has 32 heavy (non-hydrogen) atoms. The number of rotatable bonds is 11. The third-order valence-corrected chi connectivity index (χ3v) is 6.49. The van der Waals surface area contributed by atoms with Gasteiger partial charge in [0, 0.05) is 16.0 Å². The Morgan fingerprint density at radius 2 is 1.78 bits per heavy atom. The summed E-state index contributed by atoms with van der Waals surface area (Å²) >= 11 is 12.3. The SMILES string of the molecule is C=CC[C@@](C)(CC(c1cccc(Cl)c1)C(O)c1ccc(Cl)cc1)C(=O)NC(CO)C(C)C. The predicted octanol–water partition coefficient (Wildman–Crippen LogP) is 5.92. The molecule has 0 bridgehead atoms. The Bertz CT molecular complexity index is 900. The maximum Gasteiger partial charge on any atom is 0.226 e. The van der Waals surface area contributed by atoms with E-state index in [2.05, 4.69) is 11.9 Å². The summed E-state index contributed by atoms with van der Waals surface area (Å²) in [6.45, 7) is 9.47. The summed E-state index contributed by atoms with van der Waals surface area (Å²) < 4.78 is 0. The minimum absolute atomic E-state index is 0.0836. The summed E-state index contributed by atoms with van der Waals surface area (Å²) in [5, 5.41) is 25.2. The van der Waals surface area contributed by atoms with Crippen LogP contribution < -0.4 is 5.32 Å². The first-order chi connectivity index (χ1) is 15.1. The van der Waals surface area contributed by atoms with Crippen molar-refractivity contribution in [1.29, 1.82) is 0 Å². The van der Waals surface area contributed by atoms with Crippen LogP contribution in [0.2, 0.25) is 10.0 Å². The highest BCUT2D eigenvalue weighted by atomic mass is 35.5. The van der Waals surface area contributed by atoms with Gasteiger partial charge >= 0.3 is 0 Å². The minimum atomic E-state index is -0.874. The molecule has 1 amide bonds. The summed E-state index contributed by atoms with van der Waals surface area (Å²) in [7, 11) is 0. The van der Waals surface area contributed by atoms with Crippen LogP contribution in [0.5, 0.6) is 0 Å². The smallest absolute Gasteiger partial charge is 0.226 e. The standard InChI is InChI=1S/C26H33Cl2NO3/c1-5-13-26(4,25(32)29-23(16-30)17(2)3)15-22(19-7-6-8-21(28)14-19)24(31)18-9-11-20(27)12-10-18/h5-12,14,17,22-24,30-31H,1,13,15-16H2,2-4H3,(H,29,32)/t22?,23?,24?,26-/m0/s1. The van der Waals surface area contributed by atoms with E-state index in [0.717, 1.165) is 5.56 Å². The molecule has 0 fully saturated rings. The Labute approximate surface area is 201 Å². The molecule has 0 heterocycles. The summed E-state index contributed by atoms with van der Waals surface area (Å²) in [4.78, 5) is 13.4. The molecule has 3 N–H and O–H groups in total. The molecular formula is C26H33Cl2NO3. The average molecular weight is 478 g/mol. The first-order valence-corrected chi connectivity index (χ1v) is 11.6. The fourth-order valence-corrected chi connectivity index (χ4v) is 4.20. The molecule has 0 aliphatic carbocycles. The molecule has 0 radical (unpaired) electrons. The number of aliphatic hydroxyl groups excluding tert-OH is 2. The van der Waals surface area contributed by atoms with E-state index in [0.29, 0.717) is 28.5 Å². The molecule has 0 aromatic heterocycles. The fraction of sp³-hybridized carbons (Fsp3) is 0.423. The molecule has 6 heteroatoms. The van der Waals surface area contributed by atoms with Gasteiger partial charge in [-0.2, -0.15) is 0 Å². The molecule has 2 rings (SSSR count). The van der Waals surface area contributed by atoms with E-state index in [1.165, 1.54) is 0 Å². The lowest BCUT2D eigenvalue weighted by atomic mass is 9.72. The molecule has 2 aromatic carbocycles. The monoisotopic (exact) mass is 477 g/mol. The molecular weight excluding hydrogens is 445 g/mol. The number of carbonyl (C=O) groups excluding carboxylic acids is 1. The third-order valence-electron chi connectivity index (χ3n) is 6.00. The number of hydrogen-bond acceptors (Lipinski definition) is 3. The van der Waals surface area contributed by atoms with Gasteiger partial charge in [-0.1, -0.05) is 74.3 Å². The molecule has 0 aliphatic rings. The Balaban J connectivity index is 2.44. The van der Waals surface area contributed by atoms with Crippen LogP contribution in [-0.4, -0.2) is 28.8 Å². The number of hydrogen-bond donors (Lipinski definition) is 3. The first-order valence-electron chi connectivity index (χ1n) is 10.8. The number of amides is 1.